The van der Waals surface area contributed by atoms with Gasteiger partial charge in [0.05, 0.1) is 5.60 Å². The number of aliphatic carboxylic acids is 1. The molecule has 0 unspecified atom stereocenters. The molecule has 22 heavy (non-hydrogen) atoms. The molecule has 120 valence electrons. The highest BCUT2D eigenvalue weighted by atomic mass is 16.4. The van der Waals surface area contributed by atoms with Crippen molar-refractivity contribution >= 4 is 11.9 Å². The maximum Gasteiger partial charge on any atom is 0.329 e. The van der Waals surface area contributed by atoms with Gasteiger partial charge in [0.1, 0.15) is 5.54 Å². The number of aliphatic hydroxyl groups is 1. The summed E-state index contributed by atoms with van der Waals surface area (Å²) < 4.78 is 0. The summed E-state index contributed by atoms with van der Waals surface area (Å²) >= 11 is 0. The van der Waals surface area contributed by atoms with Crippen LogP contribution in [0.2, 0.25) is 0 Å². The molecule has 2 rings (SSSR count). The molecule has 5 nitrogen and oxygen atoms in total. The van der Waals surface area contributed by atoms with Crippen LogP contribution < -0.4 is 5.32 Å². The molecule has 0 saturated heterocycles. The highest BCUT2D eigenvalue weighted by molar-refractivity contribution is 5.98. The summed E-state index contributed by atoms with van der Waals surface area (Å²) in [5.74, 6) is -1.31. The molecule has 0 aliphatic heterocycles. The first kappa shape index (κ1) is 16.5. The fraction of sp³-hybridized carbons (Fsp3) is 0.529. The molecule has 3 N–H and O–H groups in total. The van der Waals surface area contributed by atoms with E-state index in [4.69, 9.17) is 0 Å². The minimum atomic E-state index is -1.09. The van der Waals surface area contributed by atoms with Crippen LogP contribution in [-0.2, 0) is 11.2 Å². The molecule has 5 heteroatoms. The lowest BCUT2D eigenvalue weighted by atomic mass is 9.76. The third-order valence-electron chi connectivity index (χ3n) is 4.21. The topological polar surface area (TPSA) is 86.6 Å². The monoisotopic (exact) mass is 305 g/mol. The van der Waals surface area contributed by atoms with Gasteiger partial charge in [-0.05, 0) is 63.6 Å². The zero-order valence-electron chi connectivity index (χ0n) is 13.1. The first-order valence-electron chi connectivity index (χ1n) is 7.59. The second kappa shape index (κ2) is 6.08. The Labute approximate surface area is 130 Å². The van der Waals surface area contributed by atoms with Gasteiger partial charge in [0, 0.05) is 5.56 Å². The normalized spacial score (nSPS) is 16.7. The van der Waals surface area contributed by atoms with Crippen LogP contribution in [-0.4, -0.2) is 33.2 Å². The van der Waals surface area contributed by atoms with Crippen LogP contribution in [0.25, 0.3) is 0 Å². The van der Waals surface area contributed by atoms with E-state index >= 15 is 0 Å². The summed E-state index contributed by atoms with van der Waals surface area (Å²) in [7, 11) is 0. The Kier molecular flexibility index (Phi) is 4.56. The third kappa shape index (κ3) is 3.85. The molecule has 1 saturated carbocycles. The number of carbonyl (C=O) groups excluding carboxylic acids is 1. The molecular weight excluding hydrogens is 282 g/mol. The Balaban J connectivity index is 1.98. The quantitative estimate of drug-likeness (QED) is 0.751. The van der Waals surface area contributed by atoms with Gasteiger partial charge in [-0.25, -0.2) is 4.79 Å². The molecule has 0 atom stereocenters. The number of benzene rings is 1. The van der Waals surface area contributed by atoms with Gasteiger partial charge in [-0.3, -0.25) is 4.79 Å². The average Bonchev–Trinajstić information content (AvgIpc) is 2.39. The Morgan fingerprint density at radius 3 is 2.23 bits per heavy atom. The van der Waals surface area contributed by atoms with E-state index in [9.17, 15) is 19.8 Å². The first-order chi connectivity index (χ1) is 10.2. The van der Waals surface area contributed by atoms with Gasteiger partial charge in [0.2, 0.25) is 0 Å². The zero-order chi connectivity index (χ0) is 16.4. The van der Waals surface area contributed by atoms with Gasteiger partial charge < -0.3 is 15.5 Å². The van der Waals surface area contributed by atoms with E-state index in [1.54, 1.807) is 26.0 Å². The van der Waals surface area contributed by atoms with Crippen molar-refractivity contribution in [3.63, 3.8) is 0 Å². The lowest BCUT2D eigenvalue weighted by molar-refractivity contribution is -0.148. The number of amides is 1. The summed E-state index contributed by atoms with van der Waals surface area (Å²) in [6.45, 7) is 3.53. The molecule has 1 aromatic rings. The second-order valence-electron chi connectivity index (χ2n) is 6.70. The number of hydrogen-bond donors (Lipinski definition) is 3. The number of rotatable bonds is 6. The molecule has 0 radical (unpaired) electrons. The summed E-state index contributed by atoms with van der Waals surface area (Å²) in [5.41, 5.74) is -0.306. The van der Waals surface area contributed by atoms with Gasteiger partial charge >= 0.3 is 5.97 Å². The van der Waals surface area contributed by atoms with Crippen molar-refractivity contribution in [3.05, 3.63) is 35.4 Å². The minimum Gasteiger partial charge on any atom is -0.480 e. The smallest absolute Gasteiger partial charge is 0.329 e. The molecular formula is C17H23NO4. The molecule has 1 aliphatic carbocycles. The summed E-state index contributed by atoms with van der Waals surface area (Å²) in [6, 6.07) is 7.08. The predicted molar refractivity (Wildman–Crippen MR) is 82.7 cm³/mol. The van der Waals surface area contributed by atoms with E-state index in [0.717, 1.165) is 18.4 Å². The van der Waals surface area contributed by atoms with Crippen LogP contribution >= 0.6 is 0 Å². The van der Waals surface area contributed by atoms with Gasteiger partial charge in [-0.2, -0.15) is 0 Å². The van der Waals surface area contributed by atoms with E-state index in [1.165, 1.54) is 0 Å². The highest BCUT2D eigenvalue weighted by Gasteiger charge is 2.45. The fourth-order valence-electron chi connectivity index (χ4n) is 2.49. The predicted octanol–water partition coefficient (Wildman–Crippen LogP) is 2.13. The van der Waals surface area contributed by atoms with Crippen LogP contribution in [0.3, 0.4) is 0 Å². The van der Waals surface area contributed by atoms with E-state index in [0.29, 0.717) is 24.8 Å². The van der Waals surface area contributed by atoms with Gasteiger partial charge in [-0.1, -0.05) is 12.1 Å². The van der Waals surface area contributed by atoms with E-state index in [-0.39, 0.29) is 5.91 Å². The number of carboxylic acid groups (broad SMARTS) is 1. The van der Waals surface area contributed by atoms with Crippen LogP contribution in [0.4, 0.5) is 0 Å². The van der Waals surface area contributed by atoms with Crippen LogP contribution in [0, 0.1) is 0 Å². The molecule has 1 aromatic carbocycles. The number of carboxylic acids is 1. The fourth-order valence-corrected chi connectivity index (χ4v) is 2.49. The van der Waals surface area contributed by atoms with Crippen molar-refractivity contribution in [3.8, 4) is 0 Å². The first-order valence-corrected chi connectivity index (χ1v) is 7.59. The van der Waals surface area contributed by atoms with Crippen molar-refractivity contribution in [2.24, 2.45) is 0 Å². The molecule has 0 bridgehead atoms. The van der Waals surface area contributed by atoms with Crippen molar-refractivity contribution in [2.75, 3.05) is 0 Å². The molecule has 1 amide bonds. The van der Waals surface area contributed by atoms with Crippen molar-refractivity contribution < 1.29 is 19.8 Å². The van der Waals surface area contributed by atoms with Gasteiger partial charge in [-0.15, -0.1) is 0 Å². The highest BCUT2D eigenvalue weighted by Crippen LogP contribution is 2.32. The molecule has 0 heterocycles. The number of carbonyl (C=O) groups is 2. The van der Waals surface area contributed by atoms with Gasteiger partial charge in [0.25, 0.3) is 5.91 Å². The van der Waals surface area contributed by atoms with Crippen molar-refractivity contribution in [1.29, 1.82) is 0 Å². The maximum absolute atomic E-state index is 12.2. The number of nitrogens with one attached hydrogen (secondary N) is 1. The lowest BCUT2D eigenvalue weighted by Crippen LogP contribution is -2.59. The Morgan fingerprint density at radius 2 is 1.82 bits per heavy atom. The SMILES string of the molecule is CC(C)(O)CCc1ccc(C(=O)NC2(C(=O)O)CCC2)cc1. The molecule has 0 aromatic heterocycles. The standard InChI is InChI=1S/C17H23NO4/c1-16(2,22)11-8-12-4-6-13(7-5-12)14(19)18-17(15(20)21)9-3-10-17/h4-7,22H,3,8-11H2,1-2H3,(H,18,19)(H,20,21). The Hall–Kier alpha value is -1.88. The maximum atomic E-state index is 12.2. The Bertz CT molecular complexity index is 553. The summed E-state index contributed by atoms with van der Waals surface area (Å²) in [6.07, 6.45) is 3.16. The molecule has 0 spiro atoms. The minimum absolute atomic E-state index is 0.351. The largest absolute Gasteiger partial charge is 0.480 e. The summed E-state index contributed by atoms with van der Waals surface area (Å²) in [5, 5.41) is 21.6. The van der Waals surface area contributed by atoms with Crippen molar-refractivity contribution in [2.45, 2.75) is 57.1 Å². The average molecular weight is 305 g/mol. The van der Waals surface area contributed by atoms with Crippen LogP contribution in [0.1, 0.15) is 55.5 Å². The molecule has 1 aliphatic rings. The van der Waals surface area contributed by atoms with E-state index in [2.05, 4.69) is 5.32 Å². The number of hydrogen-bond acceptors (Lipinski definition) is 3. The lowest BCUT2D eigenvalue weighted by Gasteiger charge is -2.38. The van der Waals surface area contributed by atoms with E-state index in [1.807, 2.05) is 12.1 Å². The van der Waals surface area contributed by atoms with E-state index < -0.39 is 17.1 Å². The van der Waals surface area contributed by atoms with Crippen LogP contribution in [0.5, 0.6) is 0 Å². The zero-order valence-corrected chi connectivity index (χ0v) is 13.1. The summed E-state index contributed by atoms with van der Waals surface area (Å²) in [4.78, 5) is 23.4. The van der Waals surface area contributed by atoms with Crippen molar-refractivity contribution in [1.82, 2.24) is 5.32 Å². The molecule has 1 fully saturated rings. The van der Waals surface area contributed by atoms with Gasteiger partial charge in [0.15, 0.2) is 0 Å². The number of aryl methyl sites for hydroxylation is 1. The van der Waals surface area contributed by atoms with Crippen LogP contribution in [0.15, 0.2) is 24.3 Å². The Morgan fingerprint density at radius 1 is 1.23 bits per heavy atom. The third-order valence-corrected chi connectivity index (χ3v) is 4.21. The second-order valence-corrected chi connectivity index (χ2v) is 6.70.